The number of amides is 1. The van der Waals surface area contributed by atoms with E-state index in [0.717, 1.165) is 5.39 Å². The van der Waals surface area contributed by atoms with Gasteiger partial charge in [-0.05, 0) is 12.1 Å². The highest BCUT2D eigenvalue weighted by atomic mass is 16.3. The summed E-state index contributed by atoms with van der Waals surface area (Å²) in [5, 5.41) is 7.45. The Hall–Kier alpha value is -3.42. The third-order valence-corrected chi connectivity index (χ3v) is 3.65. The molecule has 8 nitrogen and oxygen atoms in total. The van der Waals surface area contributed by atoms with Gasteiger partial charge in [-0.15, -0.1) is 0 Å². The fourth-order valence-corrected chi connectivity index (χ4v) is 2.55. The van der Waals surface area contributed by atoms with Gasteiger partial charge in [0.15, 0.2) is 5.82 Å². The van der Waals surface area contributed by atoms with Crippen molar-refractivity contribution in [1.82, 2.24) is 19.3 Å². The zero-order valence-electron chi connectivity index (χ0n) is 12.8. The minimum absolute atomic E-state index is 0.143. The molecule has 1 amide bonds. The van der Waals surface area contributed by atoms with E-state index in [9.17, 15) is 9.59 Å². The molecule has 0 spiro atoms. The maximum absolute atomic E-state index is 12.5. The summed E-state index contributed by atoms with van der Waals surface area (Å²) in [5.41, 5.74) is 0.835. The van der Waals surface area contributed by atoms with Gasteiger partial charge in [0, 0.05) is 24.7 Å². The molecule has 0 bridgehead atoms. The summed E-state index contributed by atoms with van der Waals surface area (Å²) in [6.45, 7) is -0.171. The molecule has 3 aromatic heterocycles. The third kappa shape index (κ3) is 2.34. The van der Waals surface area contributed by atoms with E-state index in [1.165, 1.54) is 10.9 Å². The maximum Gasteiger partial charge on any atom is 0.297 e. The first-order valence-corrected chi connectivity index (χ1v) is 7.28. The number of carbonyl (C=O) groups is 1. The number of hydrogen-bond acceptors (Lipinski definition) is 5. The van der Waals surface area contributed by atoms with Crippen molar-refractivity contribution in [3.8, 4) is 0 Å². The van der Waals surface area contributed by atoms with Gasteiger partial charge >= 0.3 is 0 Å². The van der Waals surface area contributed by atoms with Gasteiger partial charge in [-0.1, -0.05) is 12.1 Å². The Labute approximate surface area is 135 Å². The van der Waals surface area contributed by atoms with Crippen LogP contribution in [0.25, 0.3) is 22.1 Å². The van der Waals surface area contributed by atoms with Crippen molar-refractivity contribution >= 4 is 33.8 Å². The second kappa shape index (κ2) is 5.34. The standard InChI is InChI=1S/C16H13N5O3/c1-20-7-6-12(19-20)18-13(22)8-21-9-17-14-10-4-2-3-5-11(10)24-15(14)16(21)23/h2-7,9H,8H2,1H3,(H,18,19,22). The van der Waals surface area contributed by atoms with Gasteiger partial charge in [-0.3, -0.25) is 18.8 Å². The number of benzene rings is 1. The van der Waals surface area contributed by atoms with Crippen LogP contribution in [0.2, 0.25) is 0 Å². The van der Waals surface area contributed by atoms with Crippen LogP contribution in [0.15, 0.2) is 52.1 Å². The van der Waals surface area contributed by atoms with Crippen LogP contribution in [0.4, 0.5) is 5.82 Å². The van der Waals surface area contributed by atoms with Gasteiger partial charge in [0.2, 0.25) is 11.5 Å². The quantitative estimate of drug-likeness (QED) is 0.617. The van der Waals surface area contributed by atoms with Crippen molar-refractivity contribution in [1.29, 1.82) is 0 Å². The Bertz CT molecular complexity index is 1120. The van der Waals surface area contributed by atoms with Crippen LogP contribution in [-0.4, -0.2) is 25.2 Å². The second-order valence-electron chi connectivity index (χ2n) is 5.38. The van der Waals surface area contributed by atoms with Crippen molar-refractivity contribution < 1.29 is 9.21 Å². The minimum atomic E-state index is -0.396. The number of fused-ring (bicyclic) bond motifs is 3. The van der Waals surface area contributed by atoms with Crippen molar-refractivity contribution in [2.45, 2.75) is 6.54 Å². The number of anilines is 1. The van der Waals surface area contributed by atoms with Crippen molar-refractivity contribution in [3.05, 3.63) is 53.2 Å². The van der Waals surface area contributed by atoms with Crippen LogP contribution in [0.3, 0.4) is 0 Å². The molecule has 4 rings (SSSR count). The third-order valence-electron chi connectivity index (χ3n) is 3.65. The predicted octanol–water partition coefficient (Wildman–Crippen LogP) is 1.51. The number of furan rings is 1. The summed E-state index contributed by atoms with van der Waals surface area (Å²) < 4.78 is 8.37. The van der Waals surface area contributed by atoms with E-state index < -0.39 is 5.56 Å². The van der Waals surface area contributed by atoms with Gasteiger partial charge in [0.1, 0.15) is 17.6 Å². The molecular weight excluding hydrogens is 310 g/mol. The average Bonchev–Trinajstić information content (AvgIpc) is 3.14. The van der Waals surface area contributed by atoms with Gasteiger partial charge in [-0.25, -0.2) is 4.98 Å². The maximum atomic E-state index is 12.5. The summed E-state index contributed by atoms with van der Waals surface area (Å²) >= 11 is 0. The molecule has 1 aromatic carbocycles. The van der Waals surface area contributed by atoms with E-state index in [-0.39, 0.29) is 18.0 Å². The number of aromatic nitrogens is 4. The lowest BCUT2D eigenvalue weighted by Gasteiger charge is -2.04. The molecule has 0 atom stereocenters. The fourth-order valence-electron chi connectivity index (χ4n) is 2.55. The number of carbonyl (C=O) groups excluding carboxylic acids is 1. The number of rotatable bonds is 3. The first kappa shape index (κ1) is 14.2. The lowest BCUT2D eigenvalue weighted by atomic mass is 10.2. The molecule has 0 radical (unpaired) electrons. The highest BCUT2D eigenvalue weighted by Crippen LogP contribution is 2.23. The van der Waals surface area contributed by atoms with E-state index in [1.54, 1.807) is 30.1 Å². The Morgan fingerprint density at radius 1 is 1.29 bits per heavy atom. The first-order chi connectivity index (χ1) is 11.6. The van der Waals surface area contributed by atoms with Crippen molar-refractivity contribution in [3.63, 3.8) is 0 Å². The Morgan fingerprint density at radius 3 is 2.92 bits per heavy atom. The molecule has 0 aliphatic rings. The minimum Gasteiger partial charge on any atom is -0.448 e. The lowest BCUT2D eigenvalue weighted by molar-refractivity contribution is -0.116. The molecule has 1 N–H and O–H groups in total. The zero-order chi connectivity index (χ0) is 16.7. The number of nitrogens with one attached hydrogen (secondary N) is 1. The molecule has 24 heavy (non-hydrogen) atoms. The number of nitrogens with zero attached hydrogens (tertiary/aromatic N) is 4. The molecule has 0 fully saturated rings. The molecule has 4 aromatic rings. The van der Waals surface area contributed by atoms with Crippen molar-refractivity contribution in [2.24, 2.45) is 7.05 Å². The van der Waals surface area contributed by atoms with Crippen LogP contribution in [0, 0.1) is 0 Å². The number of aryl methyl sites for hydroxylation is 1. The second-order valence-corrected chi connectivity index (χ2v) is 5.38. The Kier molecular flexibility index (Phi) is 3.16. The summed E-state index contributed by atoms with van der Waals surface area (Å²) in [6, 6.07) is 8.95. The van der Waals surface area contributed by atoms with E-state index in [2.05, 4.69) is 15.4 Å². The predicted molar refractivity (Wildman–Crippen MR) is 87.6 cm³/mol. The van der Waals surface area contributed by atoms with Gasteiger partial charge < -0.3 is 9.73 Å². The summed E-state index contributed by atoms with van der Waals surface area (Å²) in [7, 11) is 1.75. The monoisotopic (exact) mass is 323 g/mol. The Balaban J connectivity index is 1.67. The van der Waals surface area contributed by atoms with Crippen LogP contribution in [0.5, 0.6) is 0 Å². The van der Waals surface area contributed by atoms with Crippen LogP contribution in [0.1, 0.15) is 0 Å². The largest absolute Gasteiger partial charge is 0.448 e. The molecule has 0 aliphatic carbocycles. The molecule has 0 saturated heterocycles. The SMILES string of the molecule is Cn1ccc(NC(=O)Cn2cnc3c(oc4ccccc43)c2=O)n1. The van der Waals surface area contributed by atoms with Crippen LogP contribution < -0.4 is 10.9 Å². The molecule has 0 saturated carbocycles. The van der Waals surface area contributed by atoms with Crippen molar-refractivity contribution in [2.75, 3.05) is 5.32 Å². The molecule has 0 unspecified atom stereocenters. The lowest BCUT2D eigenvalue weighted by Crippen LogP contribution is -2.27. The topological polar surface area (TPSA) is 95.0 Å². The normalized spacial score (nSPS) is 11.2. The van der Waals surface area contributed by atoms with Crippen LogP contribution >= 0.6 is 0 Å². The van der Waals surface area contributed by atoms with E-state index in [0.29, 0.717) is 16.9 Å². The summed E-state index contributed by atoms with van der Waals surface area (Å²) in [6.07, 6.45) is 3.06. The highest BCUT2D eigenvalue weighted by Gasteiger charge is 2.14. The van der Waals surface area contributed by atoms with E-state index in [4.69, 9.17) is 4.42 Å². The number of hydrogen-bond donors (Lipinski definition) is 1. The molecular formula is C16H13N5O3. The van der Waals surface area contributed by atoms with Crippen LogP contribution in [-0.2, 0) is 18.4 Å². The first-order valence-electron chi connectivity index (χ1n) is 7.28. The summed E-state index contributed by atoms with van der Waals surface area (Å²) in [5.74, 6) is 0.0568. The average molecular weight is 323 g/mol. The Morgan fingerprint density at radius 2 is 2.12 bits per heavy atom. The summed E-state index contributed by atoms with van der Waals surface area (Å²) in [4.78, 5) is 28.9. The molecule has 3 heterocycles. The highest BCUT2D eigenvalue weighted by molar-refractivity contribution is 6.01. The van der Waals surface area contributed by atoms with Gasteiger partial charge in [0.05, 0.1) is 6.33 Å². The smallest absolute Gasteiger partial charge is 0.297 e. The van der Waals surface area contributed by atoms with E-state index in [1.807, 2.05) is 18.2 Å². The fraction of sp³-hybridized carbons (Fsp3) is 0.125. The van der Waals surface area contributed by atoms with Gasteiger partial charge in [0.25, 0.3) is 5.56 Å². The molecule has 0 aliphatic heterocycles. The molecule has 8 heteroatoms. The van der Waals surface area contributed by atoms with E-state index >= 15 is 0 Å². The zero-order valence-corrected chi connectivity index (χ0v) is 12.8. The van der Waals surface area contributed by atoms with Gasteiger partial charge in [-0.2, -0.15) is 5.10 Å². The number of para-hydroxylation sites is 1. The molecule has 120 valence electrons.